The Hall–Kier alpha value is -3.72. The van der Waals surface area contributed by atoms with E-state index in [-0.39, 0.29) is 17.9 Å². The molecule has 0 fully saturated rings. The normalized spacial score (nSPS) is 15.1. The third kappa shape index (κ3) is 3.11. The molecule has 2 heterocycles. The number of anilines is 3. The number of rotatable bonds is 3. The van der Waals surface area contributed by atoms with Crippen molar-refractivity contribution in [2.24, 2.45) is 0 Å². The Kier molecular flexibility index (Phi) is 4.27. The number of carbonyl (C=O) groups is 1. The van der Waals surface area contributed by atoms with Gasteiger partial charge in [-0.3, -0.25) is 4.79 Å². The Balaban J connectivity index is 1.63. The average molecular weight is 355 g/mol. The van der Waals surface area contributed by atoms with Crippen LogP contribution in [0.4, 0.5) is 17.3 Å². The molecule has 0 bridgehead atoms. The molecule has 27 heavy (non-hydrogen) atoms. The summed E-state index contributed by atoms with van der Waals surface area (Å²) >= 11 is 0. The number of hydrogen-bond donors (Lipinski definition) is 1. The summed E-state index contributed by atoms with van der Waals surface area (Å²) in [7, 11) is 0. The number of nitrogens with zero attached hydrogens (tertiary/aromatic N) is 4. The molecular formula is C21H17N5O. The molecule has 6 nitrogen and oxygen atoms in total. The number of benzene rings is 2. The lowest BCUT2D eigenvalue weighted by Gasteiger charge is -2.22. The van der Waals surface area contributed by atoms with E-state index in [9.17, 15) is 10.1 Å². The molecule has 0 saturated carbocycles. The zero-order valence-corrected chi connectivity index (χ0v) is 14.8. The summed E-state index contributed by atoms with van der Waals surface area (Å²) in [4.78, 5) is 23.4. The minimum atomic E-state index is -0.161. The van der Waals surface area contributed by atoms with Gasteiger partial charge in [-0.15, -0.1) is 0 Å². The Morgan fingerprint density at radius 2 is 1.96 bits per heavy atom. The quantitative estimate of drug-likeness (QED) is 0.775. The summed E-state index contributed by atoms with van der Waals surface area (Å²) in [5.74, 6) is 0.121. The van der Waals surface area contributed by atoms with Crippen LogP contribution in [0.2, 0.25) is 0 Å². The van der Waals surface area contributed by atoms with Crippen molar-refractivity contribution in [2.45, 2.75) is 19.4 Å². The number of hydrogen-bond acceptors (Lipinski definition) is 5. The van der Waals surface area contributed by atoms with Crippen LogP contribution in [0.5, 0.6) is 0 Å². The molecule has 1 N–H and O–H groups in total. The minimum Gasteiger partial charge on any atom is -0.323 e. The van der Waals surface area contributed by atoms with E-state index in [0.717, 1.165) is 17.7 Å². The van der Waals surface area contributed by atoms with Crippen LogP contribution in [-0.4, -0.2) is 21.9 Å². The summed E-state index contributed by atoms with van der Waals surface area (Å²) in [6.07, 6.45) is 2.37. The molecule has 4 rings (SSSR count). The first-order valence-corrected chi connectivity index (χ1v) is 8.68. The summed E-state index contributed by atoms with van der Waals surface area (Å²) in [5.41, 5.74) is 3.49. The molecule has 1 aliphatic heterocycles. The van der Waals surface area contributed by atoms with Crippen LogP contribution in [0.25, 0.3) is 0 Å². The van der Waals surface area contributed by atoms with Gasteiger partial charge >= 0.3 is 0 Å². The Morgan fingerprint density at radius 1 is 1.19 bits per heavy atom. The van der Waals surface area contributed by atoms with Gasteiger partial charge in [-0.25, -0.2) is 9.97 Å². The molecule has 0 saturated heterocycles. The lowest BCUT2D eigenvalue weighted by atomic mass is 10.1. The fourth-order valence-electron chi connectivity index (χ4n) is 3.35. The highest BCUT2D eigenvalue weighted by atomic mass is 16.2. The fourth-order valence-corrected chi connectivity index (χ4v) is 3.35. The van der Waals surface area contributed by atoms with E-state index in [1.165, 1.54) is 0 Å². The van der Waals surface area contributed by atoms with E-state index in [1.54, 1.807) is 35.4 Å². The molecule has 6 heteroatoms. The topological polar surface area (TPSA) is 81.9 Å². The van der Waals surface area contributed by atoms with Gasteiger partial charge < -0.3 is 10.2 Å². The zero-order chi connectivity index (χ0) is 18.8. The first-order chi connectivity index (χ1) is 13.2. The molecule has 0 aliphatic carbocycles. The van der Waals surface area contributed by atoms with Gasteiger partial charge in [0, 0.05) is 17.9 Å². The van der Waals surface area contributed by atoms with Crippen molar-refractivity contribution in [1.82, 2.24) is 9.97 Å². The molecule has 1 atom stereocenters. The highest BCUT2D eigenvalue weighted by Gasteiger charge is 2.31. The predicted octanol–water partition coefficient (Wildman–Crippen LogP) is 3.68. The summed E-state index contributed by atoms with van der Waals surface area (Å²) in [6.45, 7) is 2.03. The summed E-state index contributed by atoms with van der Waals surface area (Å²) in [5, 5.41) is 12.2. The van der Waals surface area contributed by atoms with Gasteiger partial charge in [-0.1, -0.05) is 30.3 Å². The Morgan fingerprint density at radius 3 is 2.81 bits per heavy atom. The van der Waals surface area contributed by atoms with Crippen molar-refractivity contribution in [3.63, 3.8) is 0 Å². The highest BCUT2D eigenvalue weighted by molar-refractivity contribution is 6.06. The molecule has 1 unspecified atom stereocenters. The van der Waals surface area contributed by atoms with E-state index in [0.29, 0.717) is 16.9 Å². The van der Waals surface area contributed by atoms with E-state index < -0.39 is 0 Å². The van der Waals surface area contributed by atoms with Crippen LogP contribution in [0.15, 0.2) is 60.8 Å². The second-order valence-corrected chi connectivity index (χ2v) is 6.40. The molecule has 0 spiro atoms. The molecule has 0 radical (unpaired) electrons. The SMILES string of the molecule is CC1Cc2ccccc2N1C(=O)c1ccnc(Nc2ccccc2C#N)n1. The van der Waals surface area contributed by atoms with E-state index in [4.69, 9.17) is 0 Å². The monoisotopic (exact) mass is 355 g/mol. The molecule has 132 valence electrons. The largest absolute Gasteiger partial charge is 0.323 e. The predicted molar refractivity (Wildman–Crippen MR) is 103 cm³/mol. The second kappa shape index (κ2) is 6.89. The minimum absolute atomic E-state index is 0.0700. The Labute approximate surface area is 157 Å². The van der Waals surface area contributed by atoms with Crippen molar-refractivity contribution in [1.29, 1.82) is 5.26 Å². The smallest absolute Gasteiger partial charge is 0.277 e. The van der Waals surface area contributed by atoms with Crippen LogP contribution < -0.4 is 10.2 Å². The van der Waals surface area contributed by atoms with Gasteiger partial charge in [-0.05, 0) is 43.2 Å². The third-order valence-electron chi connectivity index (χ3n) is 4.59. The first-order valence-electron chi connectivity index (χ1n) is 8.68. The molecule has 1 amide bonds. The van der Waals surface area contributed by atoms with E-state index in [1.807, 2.05) is 37.3 Å². The second-order valence-electron chi connectivity index (χ2n) is 6.40. The lowest BCUT2D eigenvalue weighted by molar-refractivity contribution is 0.0976. The number of nitrogens with one attached hydrogen (secondary N) is 1. The maximum Gasteiger partial charge on any atom is 0.277 e. The van der Waals surface area contributed by atoms with Crippen LogP contribution in [0.1, 0.15) is 28.5 Å². The molecular weight excluding hydrogens is 338 g/mol. The maximum atomic E-state index is 13.1. The molecule has 1 aliphatic rings. The van der Waals surface area contributed by atoms with Gasteiger partial charge in [0.25, 0.3) is 5.91 Å². The number of fused-ring (bicyclic) bond motifs is 1. The van der Waals surface area contributed by atoms with E-state index >= 15 is 0 Å². The summed E-state index contributed by atoms with van der Waals surface area (Å²) in [6, 6.07) is 18.8. The van der Waals surface area contributed by atoms with Gasteiger partial charge in [0.1, 0.15) is 11.8 Å². The number of nitriles is 1. The number of amides is 1. The van der Waals surface area contributed by atoms with Crippen LogP contribution in [-0.2, 0) is 6.42 Å². The number of para-hydroxylation sites is 2. The van der Waals surface area contributed by atoms with Crippen molar-refractivity contribution < 1.29 is 4.79 Å². The van der Waals surface area contributed by atoms with Crippen molar-refractivity contribution in [3.05, 3.63) is 77.6 Å². The van der Waals surface area contributed by atoms with Crippen molar-refractivity contribution in [3.8, 4) is 6.07 Å². The molecule has 2 aromatic carbocycles. The van der Waals surface area contributed by atoms with Gasteiger partial charge in [0.05, 0.1) is 11.3 Å². The van der Waals surface area contributed by atoms with E-state index in [2.05, 4.69) is 21.4 Å². The number of aromatic nitrogens is 2. The number of carbonyl (C=O) groups excluding carboxylic acids is 1. The first kappa shape index (κ1) is 16.7. The average Bonchev–Trinajstić information content (AvgIpc) is 3.03. The lowest BCUT2D eigenvalue weighted by Crippen LogP contribution is -2.36. The van der Waals surface area contributed by atoms with Crippen LogP contribution >= 0.6 is 0 Å². The molecule has 3 aromatic rings. The maximum absolute atomic E-state index is 13.1. The van der Waals surface area contributed by atoms with Gasteiger partial charge in [0.15, 0.2) is 0 Å². The van der Waals surface area contributed by atoms with Gasteiger partial charge in [0.2, 0.25) is 5.95 Å². The molecule has 1 aromatic heterocycles. The van der Waals surface area contributed by atoms with Crippen LogP contribution in [0.3, 0.4) is 0 Å². The van der Waals surface area contributed by atoms with Gasteiger partial charge in [-0.2, -0.15) is 5.26 Å². The van der Waals surface area contributed by atoms with Crippen molar-refractivity contribution >= 4 is 23.2 Å². The third-order valence-corrected chi connectivity index (χ3v) is 4.59. The van der Waals surface area contributed by atoms with Crippen LogP contribution in [0, 0.1) is 11.3 Å². The standard InChI is InChI=1S/C21H17N5O/c1-14-12-15-6-3-5-9-19(15)26(14)20(27)18-10-11-23-21(25-18)24-17-8-4-2-7-16(17)13-22/h2-11,14H,12H2,1H3,(H,23,24,25). The highest BCUT2D eigenvalue weighted by Crippen LogP contribution is 2.32. The summed E-state index contributed by atoms with van der Waals surface area (Å²) < 4.78 is 0. The fraction of sp³-hybridized carbons (Fsp3) is 0.143. The van der Waals surface area contributed by atoms with Crippen molar-refractivity contribution in [2.75, 3.05) is 10.2 Å². The Bertz CT molecular complexity index is 1060. The zero-order valence-electron chi connectivity index (χ0n) is 14.8.